The Hall–Kier alpha value is -3.17. The van der Waals surface area contributed by atoms with Crippen LogP contribution in [0.2, 0.25) is 0 Å². The van der Waals surface area contributed by atoms with E-state index in [1.54, 1.807) is 30.5 Å². The van der Waals surface area contributed by atoms with E-state index in [0.29, 0.717) is 56.6 Å². The van der Waals surface area contributed by atoms with E-state index in [2.05, 4.69) is 34.4 Å². The van der Waals surface area contributed by atoms with E-state index in [4.69, 9.17) is 9.47 Å². The second-order valence-electron chi connectivity index (χ2n) is 8.58. The number of carbonyl (C=O) groups excluding carboxylic acids is 2. The van der Waals surface area contributed by atoms with Gasteiger partial charge in [-0.15, -0.1) is 0 Å². The third kappa shape index (κ3) is 7.40. The lowest BCUT2D eigenvalue weighted by Gasteiger charge is -2.36. The number of ether oxygens (including phenoxy) is 2. The molecule has 0 radical (unpaired) electrons. The van der Waals surface area contributed by atoms with Crippen LogP contribution in [0.3, 0.4) is 0 Å². The SMILES string of the molecule is CCOC(CNC(=O)c1ccc(C(=O)N2CCN(c3ncccc3NC(C)C)CC2)cc1)OCC. The molecule has 1 aliphatic rings. The van der Waals surface area contributed by atoms with Gasteiger partial charge in [0.15, 0.2) is 12.1 Å². The Labute approximate surface area is 207 Å². The van der Waals surface area contributed by atoms with E-state index in [1.165, 1.54) is 0 Å². The van der Waals surface area contributed by atoms with Crippen molar-refractivity contribution in [3.8, 4) is 0 Å². The molecule has 2 heterocycles. The first-order valence-electron chi connectivity index (χ1n) is 12.3. The first kappa shape index (κ1) is 26.4. The summed E-state index contributed by atoms with van der Waals surface area (Å²) < 4.78 is 10.9. The van der Waals surface area contributed by atoms with Crippen LogP contribution in [0.15, 0.2) is 42.6 Å². The van der Waals surface area contributed by atoms with Gasteiger partial charge in [-0.05, 0) is 64.1 Å². The van der Waals surface area contributed by atoms with Crippen LogP contribution < -0.4 is 15.5 Å². The van der Waals surface area contributed by atoms with Gasteiger partial charge in [0.2, 0.25) is 0 Å². The standard InChI is InChI=1S/C26H37N5O4/c1-5-34-23(35-6-2)18-28-25(32)20-9-11-21(12-10-20)26(33)31-16-14-30(15-17-31)24-22(29-19(3)4)8-7-13-27-24/h7-13,19,23,29H,5-6,14-18H2,1-4H3,(H,28,32). The zero-order valence-corrected chi connectivity index (χ0v) is 21.1. The molecule has 0 saturated carbocycles. The van der Waals surface area contributed by atoms with Gasteiger partial charge in [-0.3, -0.25) is 9.59 Å². The maximum Gasteiger partial charge on any atom is 0.253 e. The Morgan fingerprint density at radius 2 is 1.60 bits per heavy atom. The number of hydrogen-bond acceptors (Lipinski definition) is 7. The fraction of sp³-hybridized carbons (Fsp3) is 0.500. The van der Waals surface area contributed by atoms with Crippen LogP contribution in [0.4, 0.5) is 11.5 Å². The van der Waals surface area contributed by atoms with E-state index in [1.807, 2.05) is 30.9 Å². The summed E-state index contributed by atoms with van der Waals surface area (Å²) in [6.07, 6.45) is 1.32. The lowest BCUT2D eigenvalue weighted by molar-refractivity contribution is -0.131. The number of nitrogens with zero attached hydrogens (tertiary/aromatic N) is 3. The lowest BCUT2D eigenvalue weighted by atomic mass is 10.1. The number of rotatable bonds is 11. The minimum Gasteiger partial charge on any atom is -0.380 e. The van der Waals surface area contributed by atoms with Crippen LogP contribution in [0, 0.1) is 0 Å². The average molecular weight is 484 g/mol. The Balaban J connectivity index is 1.54. The zero-order chi connectivity index (χ0) is 25.2. The molecule has 9 nitrogen and oxygen atoms in total. The third-order valence-electron chi connectivity index (χ3n) is 5.63. The molecule has 1 aromatic carbocycles. The second-order valence-corrected chi connectivity index (χ2v) is 8.58. The largest absolute Gasteiger partial charge is 0.380 e. The number of amides is 2. The number of piperazine rings is 1. The van der Waals surface area contributed by atoms with Crippen LogP contribution in [0.25, 0.3) is 0 Å². The second kappa shape index (κ2) is 13.1. The van der Waals surface area contributed by atoms with Gasteiger partial charge in [-0.2, -0.15) is 0 Å². The van der Waals surface area contributed by atoms with Crippen LogP contribution in [0.1, 0.15) is 48.4 Å². The first-order valence-corrected chi connectivity index (χ1v) is 12.3. The van der Waals surface area contributed by atoms with Crippen molar-refractivity contribution in [3.05, 3.63) is 53.7 Å². The molecule has 1 aliphatic heterocycles. The van der Waals surface area contributed by atoms with E-state index in [9.17, 15) is 9.59 Å². The van der Waals surface area contributed by atoms with Crippen molar-refractivity contribution in [1.82, 2.24) is 15.2 Å². The molecule has 1 aromatic heterocycles. The van der Waals surface area contributed by atoms with Crippen molar-refractivity contribution < 1.29 is 19.1 Å². The summed E-state index contributed by atoms with van der Waals surface area (Å²) in [7, 11) is 0. The molecule has 0 spiro atoms. The van der Waals surface area contributed by atoms with Gasteiger partial charge in [-0.1, -0.05) is 0 Å². The molecule has 1 saturated heterocycles. The van der Waals surface area contributed by atoms with Crippen LogP contribution in [-0.2, 0) is 9.47 Å². The third-order valence-corrected chi connectivity index (χ3v) is 5.63. The predicted octanol–water partition coefficient (Wildman–Crippen LogP) is 2.99. The monoisotopic (exact) mass is 483 g/mol. The maximum atomic E-state index is 13.0. The summed E-state index contributed by atoms with van der Waals surface area (Å²) in [5.74, 6) is 0.647. The normalized spacial score (nSPS) is 13.9. The topological polar surface area (TPSA) is 96.0 Å². The summed E-state index contributed by atoms with van der Waals surface area (Å²) in [6.45, 7) is 11.8. The highest BCUT2D eigenvalue weighted by atomic mass is 16.7. The molecule has 0 bridgehead atoms. The minimum atomic E-state index is -0.475. The summed E-state index contributed by atoms with van der Waals surface area (Å²) in [5, 5.41) is 6.26. The van der Waals surface area contributed by atoms with Crippen molar-refractivity contribution in [2.45, 2.75) is 40.0 Å². The number of benzene rings is 1. The summed E-state index contributed by atoms with van der Waals surface area (Å²) >= 11 is 0. The van der Waals surface area contributed by atoms with Crippen molar-refractivity contribution >= 4 is 23.3 Å². The molecule has 9 heteroatoms. The van der Waals surface area contributed by atoms with Crippen molar-refractivity contribution in [2.75, 3.05) is 56.2 Å². The molecular weight excluding hydrogens is 446 g/mol. The van der Waals surface area contributed by atoms with Gasteiger partial charge in [0.25, 0.3) is 11.8 Å². The van der Waals surface area contributed by atoms with Gasteiger partial charge in [0, 0.05) is 62.8 Å². The zero-order valence-electron chi connectivity index (χ0n) is 21.1. The molecule has 2 amide bonds. The highest BCUT2D eigenvalue weighted by Gasteiger charge is 2.24. The van der Waals surface area contributed by atoms with E-state index in [0.717, 1.165) is 11.5 Å². The summed E-state index contributed by atoms with van der Waals surface area (Å²) in [6, 6.07) is 11.0. The van der Waals surface area contributed by atoms with Gasteiger partial charge in [0.1, 0.15) is 0 Å². The molecule has 0 atom stereocenters. The number of nitrogens with one attached hydrogen (secondary N) is 2. The van der Waals surface area contributed by atoms with Gasteiger partial charge >= 0.3 is 0 Å². The number of carbonyl (C=O) groups is 2. The van der Waals surface area contributed by atoms with Crippen LogP contribution >= 0.6 is 0 Å². The molecule has 190 valence electrons. The van der Waals surface area contributed by atoms with Gasteiger partial charge in [0.05, 0.1) is 12.2 Å². The molecule has 2 N–H and O–H groups in total. The van der Waals surface area contributed by atoms with E-state index < -0.39 is 6.29 Å². The van der Waals surface area contributed by atoms with E-state index >= 15 is 0 Å². The average Bonchev–Trinajstić information content (AvgIpc) is 2.87. The minimum absolute atomic E-state index is 0.0362. The highest BCUT2D eigenvalue weighted by Crippen LogP contribution is 2.25. The Morgan fingerprint density at radius 1 is 0.971 bits per heavy atom. The van der Waals surface area contributed by atoms with Crippen molar-refractivity contribution in [1.29, 1.82) is 0 Å². The summed E-state index contributed by atoms with van der Waals surface area (Å²) in [5.41, 5.74) is 2.06. The molecule has 0 aliphatic carbocycles. The molecule has 0 unspecified atom stereocenters. The smallest absolute Gasteiger partial charge is 0.253 e. The maximum absolute atomic E-state index is 13.0. The first-order chi connectivity index (χ1) is 16.9. The number of hydrogen-bond donors (Lipinski definition) is 2. The van der Waals surface area contributed by atoms with E-state index in [-0.39, 0.29) is 18.4 Å². The Kier molecular flexibility index (Phi) is 9.86. The quantitative estimate of drug-likeness (QED) is 0.475. The highest BCUT2D eigenvalue weighted by molar-refractivity contribution is 5.98. The van der Waals surface area contributed by atoms with Crippen molar-refractivity contribution in [2.24, 2.45) is 0 Å². The molecule has 3 rings (SSSR count). The Morgan fingerprint density at radius 3 is 2.20 bits per heavy atom. The number of pyridine rings is 1. The molecule has 35 heavy (non-hydrogen) atoms. The number of anilines is 2. The Bertz CT molecular complexity index is 952. The van der Waals surface area contributed by atoms with Crippen LogP contribution in [0.5, 0.6) is 0 Å². The summed E-state index contributed by atoms with van der Waals surface area (Å²) in [4.78, 5) is 34.1. The molecule has 2 aromatic rings. The molecular formula is C26H37N5O4. The fourth-order valence-electron chi connectivity index (χ4n) is 3.96. The van der Waals surface area contributed by atoms with Crippen LogP contribution in [-0.4, -0.2) is 80.0 Å². The van der Waals surface area contributed by atoms with Crippen molar-refractivity contribution in [3.63, 3.8) is 0 Å². The lowest BCUT2D eigenvalue weighted by Crippen LogP contribution is -2.49. The molecule has 1 fully saturated rings. The fourth-order valence-corrected chi connectivity index (χ4v) is 3.96. The van der Waals surface area contributed by atoms with Gasteiger partial charge in [-0.25, -0.2) is 4.98 Å². The van der Waals surface area contributed by atoms with Gasteiger partial charge < -0.3 is 29.9 Å². The number of aromatic nitrogens is 1. The predicted molar refractivity (Wildman–Crippen MR) is 137 cm³/mol.